The van der Waals surface area contributed by atoms with Crippen LogP contribution in [0.4, 0.5) is 10.6 Å². The van der Waals surface area contributed by atoms with Crippen molar-refractivity contribution < 1.29 is 4.79 Å². The Balaban J connectivity index is 1.46. The molecule has 1 aliphatic rings. The van der Waals surface area contributed by atoms with Crippen LogP contribution >= 0.6 is 11.3 Å². The fourth-order valence-corrected chi connectivity index (χ4v) is 4.09. The minimum absolute atomic E-state index is 0.0351. The molecule has 158 valence electrons. The van der Waals surface area contributed by atoms with Crippen molar-refractivity contribution >= 4 is 23.2 Å². The van der Waals surface area contributed by atoms with Gasteiger partial charge in [0.25, 0.3) is 0 Å². The van der Waals surface area contributed by atoms with Gasteiger partial charge in [0.15, 0.2) is 0 Å². The zero-order valence-corrected chi connectivity index (χ0v) is 18.7. The smallest absolute Gasteiger partial charge is 0.315 e. The van der Waals surface area contributed by atoms with Gasteiger partial charge in [-0.1, -0.05) is 27.7 Å². The first-order valence-corrected chi connectivity index (χ1v) is 11.1. The lowest BCUT2D eigenvalue weighted by Gasteiger charge is -2.34. The molecule has 3 rings (SSSR count). The number of amides is 2. The van der Waals surface area contributed by atoms with Gasteiger partial charge in [0, 0.05) is 49.7 Å². The summed E-state index contributed by atoms with van der Waals surface area (Å²) in [6, 6.07) is 3.82. The van der Waals surface area contributed by atoms with Crippen LogP contribution in [0.5, 0.6) is 0 Å². The Labute approximate surface area is 177 Å². The number of aromatic nitrogens is 2. The number of hydrogen-bond donors (Lipinski definition) is 2. The predicted octanol–water partition coefficient (Wildman–Crippen LogP) is 2.98. The first kappa shape index (κ1) is 21.5. The Morgan fingerprint density at radius 1 is 1.17 bits per heavy atom. The largest absolute Gasteiger partial charge is 0.354 e. The average molecular weight is 417 g/mol. The van der Waals surface area contributed by atoms with E-state index in [1.165, 1.54) is 0 Å². The van der Waals surface area contributed by atoms with Crippen LogP contribution in [-0.4, -0.2) is 53.6 Å². The predicted molar refractivity (Wildman–Crippen MR) is 118 cm³/mol. The molecular weight excluding hydrogens is 384 g/mol. The molecule has 29 heavy (non-hydrogen) atoms. The van der Waals surface area contributed by atoms with E-state index in [9.17, 15) is 4.79 Å². The number of likely N-dealkylation sites (N-methyl/N-ethyl adjacent to an activating group) is 1. The third-order valence-electron chi connectivity index (χ3n) is 5.03. The lowest BCUT2D eigenvalue weighted by atomic mass is 9.98. The van der Waals surface area contributed by atoms with E-state index >= 15 is 0 Å². The molecule has 0 bridgehead atoms. The number of rotatable bonds is 6. The minimum atomic E-state index is -0.190. The molecule has 2 aromatic heterocycles. The monoisotopic (exact) mass is 416 g/mol. The van der Waals surface area contributed by atoms with Crippen molar-refractivity contribution in [1.29, 1.82) is 0 Å². The van der Waals surface area contributed by atoms with Crippen molar-refractivity contribution in [3.63, 3.8) is 0 Å². The molecule has 2 amide bonds. The third-order valence-corrected chi connectivity index (χ3v) is 6.35. The topological polar surface area (TPSA) is 73.4 Å². The normalized spacial score (nSPS) is 15.4. The number of urea groups is 1. The third kappa shape index (κ3) is 6.14. The van der Waals surface area contributed by atoms with E-state index in [0.717, 1.165) is 54.8 Å². The number of anilines is 1. The molecule has 1 aliphatic heterocycles. The summed E-state index contributed by atoms with van der Waals surface area (Å²) in [6.07, 6.45) is 1.82. The van der Waals surface area contributed by atoms with Crippen LogP contribution in [0.25, 0.3) is 0 Å². The quantitative estimate of drug-likeness (QED) is 0.757. The van der Waals surface area contributed by atoms with E-state index in [4.69, 9.17) is 0 Å². The number of nitrogens with zero attached hydrogens (tertiary/aromatic N) is 4. The Morgan fingerprint density at radius 3 is 2.55 bits per heavy atom. The van der Waals surface area contributed by atoms with E-state index in [1.807, 2.05) is 17.6 Å². The molecule has 0 unspecified atom stereocenters. The summed E-state index contributed by atoms with van der Waals surface area (Å²) in [7, 11) is 0. The maximum atomic E-state index is 12.2. The molecule has 0 atom stereocenters. The van der Waals surface area contributed by atoms with Crippen LogP contribution in [0.3, 0.4) is 0 Å². The Morgan fingerprint density at radius 2 is 1.90 bits per heavy atom. The van der Waals surface area contributed by atoms with E-state index in [0.29, 0.717) is 13.1 Å². The number of piperazine rings is 1. The first-order valence-electron chi connectivity index (χ1n) is 10.2. The highest BCUT2D eigenvalue weighted by molar-refractivity contribution is 7.09. The van der Waals surface area contributed by atoms with Gasteiger partial charge >= 0.3 is 6.03 Å². The molecular formula is C21H32N6OS. The zero-order chi connectivity index (χ0) is 20.9. The summed E-state index contributed by atoms with van der Waals surface area (Å²) in [5.41, 5.74) is 1.98. The highest BCUT2D eigenvalue weighted by Gasteiger charge is 2.18. The molecule has 2 N–H and O–H groups in total. The van der Waals surface area contributed by atoms with Crippen molar-refractivity contribution in [3.05, 3.63) is 40.0 Å². The molecule has 2 aromatic rings. The van der Waals surface area contributed by atoms with Gasteiger partial charge in [-0.2, -0.15) is 0 Å². The van der Waals surface area contributed by atoms with E-state index in [2.05, 4.69) is 64.2 Å². The standard InChI is InChI=1S/C21H32N6OS/c1-5-26-8-10-27(11-9-26)18-12-16(6-7-22-18)13-23-20(28)24-14-17-15-29-19(25-17)21(2,3)4/h6-7,12,15H,5,8-11,13-14H2,1-4H3,(H2,23,24,28). The van der Waals surface area contributed by atoms with Crippen LogP contribution in [0.1, 0.15) is 44.0 Å². The summed E-state index contributed by atoms with van der Waals surface area (Å²) < 4.78 is 0. The second-order valence-corrected chi connectivity index (χ2v) is 9.23. The molecule has 0 radical (unpaired) electrons. The summed E-state index contributed by atoms with van der Waals surface area (Å²) in [4.78, 5) is 26.0. The van der Waals surface area contributed by atoms with Gasteiger partial charge in [0.05, 0.1) is 17.2 Å². The van der Waals surface area contributed by atoms with Gasteiger partial charge in [-0.3, -0.25) is 0 Å². The highest BCUT2D eigenvalue weighted by Crippen LogP contribution is 2.25. The average Bonchev–Trinajstić information content (AvgIpc) is 3.21. The van der Waals surface area contributed by atoms with Crippen LogP contribution in [-0.2, 0) is 18.5 Å². The van der Waals surface area contributed by atoms with Gasteiger partial charge in [-0.15, -0.1) is 11.3 Å². The van der Waals surface area contributed by atoms with Gasteiger partial charge in [-0.25, -0.2) is 14.8 Å². The van der Waals surface area contributed by atoms with Gasteiger partial charge in [0.2, 0.25) is 0 Å². The highest BCUT2D eigenvalue weighted by atomic mass is 32.1. The summed E-state index contributed by atoms with van der Waals surface area (Å²) in [6.45, 7) is 14.7. The molecule has 8 heteroatoms. The van der Waals surface area contributed by atoms with Crippen LogP contribution in [0.15, 0.2) is 23.7 Å². The lowest BCUT2D eigenvalue weighted by Crippen LogP contribution is -2.46. The SMILES string of the molecule is CCN1CCN(c2cc(CNC(=O)NCc3csc(C(C)(C)C)n3)ccn2)CC1. The van der Waals surface area contributed by atoms with Gasteiger partial charge in [0.1, 0.15) is 5.82 Å². The number of pyridine rings is 1. The first-order chi connectivity index (χ1) is 13.8. The van der Waals surface area contributed by atoms with E-state index in [-0.39, 0.29) is 11.4 Å². The summed E-state index contributed by atoms with van der Waals surface area (Å²) in [5, 5.41) is 8.90. The fourth-order valence-electron chi connectivity index (χ4n) is 3.18. The summed E-state index contributed by atoms with van der Waals surface area (Å²) in [5.74, 6) is 0.984. The zero-order valence-electron chi connectivity index (χ0n) is 17.9. The second-order valence-electron chi connectivity index (χ2n) is 8.37. The molecule has 3 heterocycles. The number of carbonyl (C=O) groups excluding carboxylic acids is 1. The van der Waals surface area contributed by atoms with Crippen molar-refractivity contribution in [2.45, 2.75) is 46.2 Å². The van der Waals surface area contributed by atoms with Crippen molar-refractivity contribution in [2.75, 3.05) is 37.6 Å². The maximum Gasteiger partial charge on any atom is 0.315 e. The molecule has 0 aromatic carbocycles. The molecule has 1 saturated heterocycles. The number of carbonyl (C=O) groups is 1. The van der Waals surface area contributed by atoms with Gasteiger partial charge in [-0.05, 0) is 24.2 Å². The number of hydrogen-bond acceptors (Lipinski definition) is 6. The van der Waals surface area contributed by atoms with Crippen LogP contribution in [0, 0.1) is 0 Å². The molecule has 0 spiro atoms. The Kier molecular flexibility index (Phi) is 7.08. The van der Waals surface area contributed by atoms with Crippen LogP contribution < -0.4 is 15.5 Å². The summed E-state index contributed by atoms with van der Waals surface area (Å²) >= 11 is 1.64. The van der Waals surface area contributed by atoms with Crippen molar-refractivity contribution in [1.82, 2.24) is 25.5 Å². The molecule has 0 saturated carbocycles. The van der Waals surface area contributed by atoms with E-state index in [1.54, 1.807) is 11.3 Å². The van der Waals surface area contributed by atoms with Gasteiger partial charge < -0.3 is 20.4 Å². The number of nitrogens with one attached hydrogen (secondary N) is 2. The van der Waals surface area contributed by atoms with E-state index < -0.39 is 0 Å². The van der Waals surface area contributed by atoms with Crippen molar-refractivity contribution in [3.8, 4) is 0 Å². The maximum absolute atomic E-state index is 12.2. The minimum Gasteiger partial charge on any atom is -0.354 e. The molecule has 0 aliphatic carbocycles. The fraction of sp³-hybridized carbons (Fsp3) is 0.571. The Hall–Kier alpha value is -2.19. The van der Waals surface area contributed by atoms with Crippen LogP contribution in [0.2, 0.25) is 0 Å². The number of thiazole rings is 1. The molecule has 1 fully saturated rings. The van der Waals surface area contributed by atoms with Crippen molar-refractivity contribution in [2.24, 2.45) is 0 Å². The Bertz CT molecular complexity index is 807. The second kappa shape index (κ2) is 9.54. The molecule has 7 nitrogen and oxygen atoms in total. The lowest BCUT2D eigenvalue weighted by molar-refractivity contribution is 0.240.